The van der Waals surface area contributed by atoms with E-state index in [9.17, 15) is 0 Å². The summed E-state index contributed by atoms with van der Waals surface area (Å²) in [7, 11) is 0. The monoisotopic (exact) mass is 355 g/mol. The number of halogens is 2. The van der Waals surface area contributed by atoms with E-state index in [0.717, 1.165) is 15.7 Å². The molecule has 3 nitrogen and oxygen atoms in total. The highest BCUT2D eigenvalue weighted by Crippen LogP contribution is 2.31. The molecule has 0 aliphatic rings. The third kappa shape index (κ3) is 3.43. The molecule has 1 aromatic heterocycles. The molecule has 2 aromatic rings. The largest absolute Gasteiger partial charge is 0.321 e. The molecule has 0 saturated heterocycles. The van der Waals surface area contributed by atoms with Gasteiger partial charge in [-0.05, 0) is 44.5 Å². The molecule has 0 saturated carbocycles. The van der Waals surface area contributed by atoms with E-state index in [1.165, 1.54) is 0 Å². The van der Waals surface area contributed by atoms with Crippen molar-refractivity contribution in [2.24, 2.45) is 5.73 Å². The maximum atomic E-state index is 6.46. The Hall–Kier alpha value is -0.840. The van der Waals surface area contributed by atoms with Gasteiger partial charge >= 0.3 is 0 Å². The van der Waals surface area contributed by atoms with Gasteiger partial charge in [0.15, 0.2) is 0 Å². The fraction of sp³-hybridized carbons (Fsp3) is 0.400. The van der Waals surface area contributed by atoms with Crippen molar-refractivity contribution >= 4 is 27.5 Å². The molecule has 1 unspecified atom stereocenters. The lowest BCUT2D eigenvalue weighted by atomic mass is 9.88. The van der Waals surface area contributed by atoms with Gasteiger partial charge in [0.2, 0.25) is 0 Å². The molecule has 0 bridgehead atoms. The summed E-state index contributed by atoms with van der Waals surface area (Å²) in [5.41, 5.74) is 7.82. The number of nitrogens with zero attached hydrogens (tertiary/aromatic N) is 2. The number of nitrogens with two attached hydrogens (primary N) is 1. The second-order valence-corrected chi connectivity index (χ2v) is 6.92. The van der Waals surface area contributed by atoms with Crippen LogP contribution in [0.25, 0.3) is 0 Å². The molecule has 108 valence electrons. The first-order valence-corrected chi connectivity index (χ1v) is 7.75. The molecule has 1 aromatic carbocycles. The third-order valence-corrected chi connectivity index (χ3v) is 4.09. The molecular formula is C15H19BrClN3. The van der Waals surface area contributed by atoms with Crippen molar-refractivity contribution in [1.82, 2.24) is 9.78 Å². The van der Waals surface area contributed by atoms with Crippen molar-refractivity contribution in [1.29, 1.82) is 0 Å². The Morgan fingerprint density at radius 2 is 2.10 bits per heavy atom. The predicted octanol–water partition coefficient (Wildman–Crippen LogP) is 4.30. The molecule has 0 spiro atoms. The summed E-state index contributed by atoms with van der Waals surface area (Å²) >= 11 is 9.71. The van der Waals surface area contributed by atoms with Gasteiger partial charge in [0.1, 0.15) is 0 Å². The SMILES string of the molecule is CC(C)n1ccc(CC(C)(N)c2ccc(Br)cc2Cl)n1. The second-order valence-electron chi connectivity index (χ2n) is 5.60. The summed E-state index contributed by atoms with van der Waals surface area (Å²) in [6.45, 7) is 6.19. The smallest absolute Gasteiger partial charge is 0.0646 e. The molecule has 5 heteroatoms. The summed E-state index contributed by atoms with van der Waals surface area (Å²) in [5, 5.41) is 5.23. The fourth-order valence-electron chi connectivity index (χ4n) is 2.18. The summed E-state index contributed by atoms with van der Waals surface area (Å²) < 4.78 is 2.89. The minimum absolute atomic E-state index is 0.351. The number of aromatic nitrogens is 2. The first-order valence-electron chi connectivity index (χ1n) is 6.58. The Kier molecular flexibility index (Phi) is 4.57. The topological polar surface area (TPSA) is 43.8 Å². The molecule has 20 heavy (non-hydrogen) atoms. The predicted molar refractivity (Wildman–Crippen MR) is 87.0 cm³/mol. The van der Waals surface area contributed by atoms with Crippen LogP contribution < -0.4 is 5.73 Å². The van der Waals surface area contributed by atoms with E-state index in [2.05, 4.69) is 34.9 Å². The maximum absolute atomic E-state index is 6.46. The summed E-state index contributed by atoms with van der Waals surface area (Å²) in [5.74, 6) is 0. The Balaban J connectivity index is 2.25. The van der Waals surface area contributed by atoms with Crippen molar-refractivity contribution < 1.29 is 0 Å². The van der Waals surface area contributed by atoms with Crippen LogP contribution in [0.2, 0.25) is 5.02 Å². The lowest BCUT2D eigenvalue weighted by molar-refractivity contribution is 0.469. The number of hydrogen-bond donors (Lipinski definition) is 1. The Morgan fingerprint density at radius 1 is 1.40 bits per heavy atom. The van der Waals surface area contributed by atoms with Crippen molar-refractivity contribution in [3.63, 3.8) is 0 Å². The number of benzene rings is 1. The van der Waals surface area contributed by atoms with Crippen molar-refractivity contribution in [2.75, 3.05) is 0 Å². The van der Waals surface area contributed by atoms with Gasteiger partial charge < -0.3 is 5.73 Å². The standard InChI is InChI=1S/C15H19BrClN3/c1-10(2)20-7-6-12(19-20)9-15(3,18)13-5-4-11(16)8-14(13)17/h4-8,10H,9,18H2,1-3H3. The van der Waals surface area contributed by atoms with Crippen LogP contribution in [0.3, 0.4) is 0 Å². The zero-order valence-electron chi connectivity index (χ0n) is 11.9. The zero-order chi connectivity index (χ0) is 14.9. The average molecular weight is 357 g/mol. The van der Waals surface area contributed by atoms with E-state index in [1.807, 2.05) is 42.1 Å². The van der Waals surface area contributed by atoms with Crippen molar-refractivity contribution in [3.05, 3.63) is 51.2 Å². The van der Waals surface area contributed by atoms with Gasteiger partial charge in [0, 0.05) is 33.7 Å². The van der Waals surface area contributed by atoms with E-state index in [0.29, 0.717) is 17.5 Å². The highest BCUT2D eigenvalue weighted by molar-refractivity contribution is 9.10. The molecule has 0 aliphatic heterocycles. The minimum Gasteiger partial charge on any atom is -0.321 e. The highest BCUT2D eigenvalue weighted by atomic mass is 79.9. The fourth-order valence-corrected chi connectivity index (χ4v) is 3.07. The van der Waals surface area contributed by atoms with Gasteiger partial charge in [-0.15, -0.1) is 0 Å². The minimum atomic E-state index is -0.548. The zero-order valence-corrected chi connectivity index (χ0v) is 14.2. The first-order chi connectivity index (χ1) is 9.29. The second kappa shape index (κ2) is 5.88. The van der Waals surface area contributed by atoms with Gasteiger partial charge in [-0.1, -0.05) is 33.6 Å². The molecular weight excluding hydrogens is 338 g/mol. The summed E-state index contributed by atoms with van der Waals surface area (Å²) in [4.78, 5) is 0. The molecule has 2 N–H and O–H groups in total. The van der Waals surface area contributed by atoms with Gasteiger partial charge in [-0.2, -0.15) is 5.10 Å². The van der Waals surface area contributed by atoms with Crippen LogP contribution >= 0.6 is 27.5 Å². The molecule has 1 heterocycles. The van der Waals surface area contributed by atoms with Gasteiger partial charge in [0.25, 0.3) is 0 Å². The summed E-state index contributed by atoms with van der Waals surface area (Å²) in [6.07, 6.45) is 2.63. The third-order valence-electron chi connectivity index (χ3n) is 3.29. The van der Waals surface area contributed by atoms with Crippen LogP contribution in [0.4, 0.5) is 0 Å². The molecule has 0 amide bonds. The van der Waals surface area contributed by atoms with Crippen LogP contribution in [0.1, 0.15) is 38.1 Å². The van der Waals surface area contributed by atoms with Crippen LogP contribution in [-0.4, -0.2) is 9.78 Å². The van der Waals surface area contributed by atoms with E-state index in [1.54, 1.807) is 0 Å². The normalized spacial score (nSPS) is 14.6. The number of rotatable bonds is 4. The Morgan fingerprint density at radius 3 is 2.65 bits per heavy atom. The van der Waals surface area contributed by atoms with Crippen LogP contribution in [0.5, 0.6) is 0 Å². The van der Waals surface area contributed by atoms with Crippen LogP contribution in [-0.2, 0) is 12.0 Å². The van der Waals surface area contributed by atoms with Gasteiger partial charge in [-0.3, -0.25) is 4.68 Å². The maximum Gasteiger partial charge on any atom is 0.0646 e. The number of hydrogen-bond acceptors (Lipinski definition) is 2. The van der Waals surface area contributed by atoms with E-state index >= 15 is 0 Å². The lowest BCUT2D eigenvalue weighted by Crippen LogP contribution is -2.36. The molecule has 0 radical (unpaired) electrons. The molecule has 1 atom stereocenters. The van der Waals surface area contributed by atoms with Gasteiger partial charge in [0.05, 0.1) is 5.69 Å². The van der Waals surface area contributed by atoms with Crippen molar-refractivity contribution in [2.45, 2.75) is 38.8 Å². The van der Waals surface area contributed by atoms with E-state index in [4.69, 9.17) is 17.3 Å². The van der Waals surface area contributed by atoms with Gasteiger partial charge in [-0.25, -0.2) is 0 Å². The first kappa shape index (κ1) is 15.5. The highest BCUT2D eigenvalue weighted by Gasteiger charge is 2.25. The van der Waals surface area contributed by atoms with E-state index < -0.39 is 5.54 Å². The summed E-state index contributed by atoms with van der Waals surface area (Å²) in [6, 6.07) is 8.15. The molecule has 0 aliphatic carbocycles. The van der Waals surface area contributed by atoms with Crippen molar-refractivity contribution in [3.8, 4) is 0 Å². The average Bonchev–Trinajstić information content (AvgIpc) is 2.76. The quantitative estimate of drug-likeness (QED) is 0.887. The molecule has 0 fully saturated rings. The van der Waals surface area contributed by atoms with Crippen LogP contribution in [0.15, 0.2) is 34.9 Å². The lowest BCUT2D eigenvalue weighted by Gasteiger charge is -2.25. The van der Waals surface area contributed by atoms with E-state index in [-0.39, 0.29) is 0 Å². The Labute approximate surface area is 133 Å². The Bertz CT molecular complexity index is 605. The van der Waals surface area contributed by atoms with Crippen LogP contribution in [0, 0.1) is 0 Å². The molecule has 2 rings (SSSR count).